The maximum Gasteiger partial charge on any atom is 0.241 e. The minimum absolute atomic E-state index is 0.113. The zero-order chi connectivity index (χ0) is 12.8. The van der Waals surface area contributed by atoms with Crippen molar-refractivity contribution in [1.82, 2.24) is 4.90 Å². The van der Waals surface area contributed by atoms with Gasteiger partial charge in [-0.3, -0.25) is 4.79 Å². The Morgan fingerprint density at radius 2 is 2.00 bits per heavy atom. The van der Waals surface area contributed by atoms with E-state index >= 15 is 0 Å². The van der Waals surface area contributed by atoms with E-state index in [9.17, 15) is 4.79 Å². The Labute approximate surface area is 107 Å². The minimum atomic E-state index is 0.113. The van der Waals surface area contributed by atoms with Crippen LogP contribution in [-0.2, 0) is 4.79 Å². The fourth-order valence-electron chi connectivity index (χ4n) is 2.16. The van der Waals surface area contributed by atoms with Crippen LogP contribution in [0.5, 0.6) is 0 Å². The van der Waals surface area contributed by atoms with Crippen LogP contribution < -0.4 is 5.32 Å². The van der Waals surface area contributed by atoms with Gasteiger partial charge in [-0.15, -0.1) is 0 Å². The van der Waals surface area contributed by atoms with Gasteiger partial charge in [0.15, 0.2) is 0 Å². The number of likely N-dealkylation sites (tertiary alicyclic amines) is 1. The second kappa shape index (κ2) is 6.06. The summed E-state index contributed by atoms with van der Waals surface area (Å²) in [5, 5.41) is 12.0. The number of nitrogens with zero attached hydrogens (tertiary/aromatic N) is 2. The molecule has 1 aliphatic heterocycles. The number of nitriles is 1. The smallest absolute Gasteiger partial charge is 0.241 e. The molecule has 1 aliphatic rings. The standard InChI is InChI=1S/C14H17N3O/c15-10-12-6-2-3-7-13(12)16-11-14(18)17-8-4-1-5-9-17/h2-3,6-7,16H,1,4-5,8-9,11H2. The third-order valence-corrected chi connectivity index (χ3v) is 3.19. The first-order chi connectivity index (χ1) is 8.81. The molecule has 0 bridgehead atoms. The molecule has 94 valence electrons. The quantitative estimate of drug-likeness (QED) is 0.883. The second-order valence-corrected chi connectivity index (χ2v) is 4.45. The molecule has 1 aromatic rings. The van der Waals surface area contributed by atoms with Gasteiger partial charge in [0.2, 0.25) is 5.91 Å². The average Bonchev–Trinajstić information content (AvgIpc) is 2.46. The van der Waals surface area contributed by atoms with E-state index in [0.717, 1.165) is 31.6 Å². The van der Waals surface area contributed by atoms with Crippen molar-refractivity contribution >= 4 is 11.6 Å². The number of benzene rings is 1. The molecule has 1 saturated heterocycles. The molecule has 2 rings (SSSR count). The summed E-state index contributed by atoms with van der Waals surface area (Å²) in [4.78, 5) is 13.8. The van der Waals surface area contributed by atoms with E-state index in [0.29, 0.717) is 5.56 Å². The SMILES string of the molecule is N#Cc1ccccc1NCC(=O)N1CCCCC1. The van der Waals surface area contributed by atoms with Gasteiger partial charge in [-0.25, -0.2) is 0 Å². The Morgan fingerprint density at radius 1 is 1.28 bits per heavy atom. The van der Waals surface area contributed by atoms with Crippen LogP contribution in [-0.4, -0.2) is 30.4 Å². The molecule has 0 aliphatic carbocycles. The average molecular weight is 243 g/mol. The fraction of sp³-hybridized carbons (Fsp3) is 0.429. The van der Waals surface area contributed by atoms with Crippen molar-refractivity contribution in [2.24, 2.45) is 0 Å². The highest BCUT2D eigenvalue weighted by atomic mass is 16.2. The van der Waals surface area contributed by atoms with Gasteiger partial charge in [-0.2, -0.15) is 5.26 Å². The maximum atomic E-state index is 12.0. The number of carbonyl (C=O) groups excluding carboxylic acids is 1. The Morgan fingerprint density at radius 3 is 2.72 bits per heavy atom. The molecule has 1 fully saturated rings. The predicted molar refractivity (Wildman–Crippen MR) is 70.1 cm³/mol. The van der Waals surface area contributed by atoms with Crippen molar-refractivity contribution < 1.29 is 4.79 Å². The summed E-state index contributed by atoms with van der Waals surface area (Å²) in [5.41, 5.74) is 1.30. The summed E-state index contributed by atoms with van der Waals surface area (Å²) in [7, 11) is 0. The monoisotopic (exact) mass is 243 g/mol. The lowest BCUT2D eigenvalue weighted by Crippen LogP contribution is -2.39. The molecular weight excluding hydrogens is 226 g/mol. The molecule has 0 radical (unpaired) electrons. The molecule has 1 N–H and O–H groups in total. The number of rotatable bonds is 3. The van der Waals surface area contributed by atoms with E-state index in [1.165, 1.54) is 6.42 Å². The summed E-state index contributed by atoms with van der Waals surface area (Å²) >= 11 is 0. The van der Waals surface area contributed by atoms with E-state index in [1.54, 1.807) is 6.07 Å². The van der Waals surface area contributed by atoms with Crippen molar-refractivity contribution in [3.05, 3.63) is 29.8 Å². The van der Waals surface area contributed by atoms with Gasteiger partial charge in [0, 0.05) is 13.1 Å². The van der Waals surface area contributed by atoms with Gasteiger partial charge in [-0.1, -0.05) is 12.1 Å². The number of nitrogens with one attached hydrogen (secondary N) is 1. The molecule has 0 aromatic heterocycles. The zero-order valence-electron chi connectivity index (χ0n) is 10.4. The number of para-hydroxylation sites is 1. The van der Waals surface area contributed by atoms with Crippen molar-refractivity contribution in [1.29, 1.82) is 5.26 Å². The molecule has 4 heteroatoms. The highest BCUT2D eigenvalue weighted by molar-refractivity contribution is 5.81. The first kappa shape index (κ1) is 12.4. The largest absolute Gasteiger partial charge is 0.375 e. The van der Waals surface area contributed by atoms with Crippen LogP contribution in [0.2, 0.25) is 0 Å². The predicted octanol–water partition coefficient (Wildman–Crippen LogP) is 1.98. The number of piperidine rings is 1. The number of carbonyl (C=O) groups is 1. The van der Waals surface area contributed by atoms with Gasteiger partial charge in [-0.05, 0) is 31.4 Å². The number of hydrogen-bond donors (Lipinski definition) is 1. The highest BCUT2D eigenvalue weighted by Gasteiger charge is 2.16. The summed E-state index contributed by atoms with van der Waals surface area (Å²) in [6, 6.07) is 9.35. The minimum Gasteiger partial charge on any atom is -0.375 e. The molecule has 0 saturated carbocycles. The number of hydrogen-bond acceptors (Lipinski definition) is 3. The lowest BCUT2D eigenvalue weighted by Gasteiger charge is -2.27. The first-order valence-electron chi connectivity index (χ1n) is 6.32. The third-order valence-electron chi connectivity index (χ3n) is 3.19. The van der Waals surface area contributed by atoms with Gasteiger partial charge in [0.05, 0.1) is 17.8 Å². The van der Waals surface area contributed by atoms with Crippen LogP contribution in [0.4, 0.5) is 5.69 Å². The van der Waals surface area contributed by atoms with Crippen molar-refractivity contribution in [2.45, 2.75) is 19.3 Å². The summed E-state index contributed by atoms with van der Waals surface area (Å²) in [6.07, 6.45) is 3.41. The third kappa shape index (κ3) is 3.01. The molecule has 0 unspecified atom stereocenters. The zero-order valence-corrected chi connectivity index (χ0v) is 10.4. The summed E-state index contributed by atoms with van der Waals surface area (Å²) < 4.78 is 0. The summed E-state index contributed by atoms with van der Waals surface area (Å²) in [6.45, 7) is 1.99. The van der Waals surface area contributed by atoms with Gasteiger partial charge in [0.1, 0.15) is 6.07 Å². The molecule has 0 atom stereocenters. The first-order valence-corrected chi connectivity index (χ1v) is 6.32. The second-order valence-electron chi connectivity index (χ2n) is 4.45. The molecule has 1 aromatic carbocycles. The van der Waals surface area contributed by atoms with E-state index in [2.05, 4.69) is 11.4 Å². The molecule has 0 spiro atoms. The van der Waals surface area contributed by atoms with Gasteiger partial charge < -0.3 is 10.2 Å². The molecule has 4 nitrogen and oxygen atoms in total. The van der Waals surface area contributed by atoms with Crippen molar-refractivity contribution in [2.75, 3.05) is 25.0 Å². The van der Waals surface area contributed by atoms with Crippen molar-refractivity contribution in [3.8, 4) is 6.07 Å². The van der Waals surface area contributed by atoms with Crippen LogP contribution in [0.1, 0.15) is 24.8 Å². The van der Waals surface area contributed by atoms with Crippen LogP contribution in [0.3, 0.4) is 0 Å². The molecular formula is C14H17N3O. The maximum absolute atomic E-state index is 12.0. The van der Waals surface area contributed by atoms with E-state index in [-0.39, 0.29) is 12.5 Å². The molecule has 1 amide bonds. The van der Waals surface area contributed by atoms with Crippen LogP contribution in [0, 0.1) is 11.3 Å². The molecule has 1 heterocycles. The Hall–Kier alpha value is -2.02. The number of amides is 1. The van der Waals surface area contributed by atoms with Crippen molar-refractivity contribution in [3.63, 3.8) is 0 Å². The van der Waals surface area contributed by atoms with Crippen LogP contribution in [0.15, 0.2) is 24.3 Å². The van der Waals surface area contributed by atoms with Gasteiger partial charge in [0.25, 0.3) is 0 Å². The highest BCUT2D eigenvalue weighted by Crippen LogP contribution is 2.14. The normalized spacial score (nSPS) is 14.9. The topological polar surface area (TPSA) is 56.1 Å². The van der Waals surface area contributed by atoms with Gasteiger partial charge >= 0.3 is 0 Å². The Bertz CT molecular complexity index is 458. The van der Waals surface area contributed by atoms with Crippen LogP contribution in [0.25, 0.3) is 0 Å². The fourth-order valence-corrected chi connectivity index (χ4v) is 2.16. The lowest BCUT2D eigenvalue weighted by molar-refractivity contribution is -0.130. The van der Waals surface area contributed by atoms with E-state index < -0.39 is 0 Å². The Kier molecular flexibility index (Phi) is 4.19. The lowest BCUT2D eigenvalue weighted by atomic mass is 10.1. The van der Waals surface area contributed by atoms with E-state index in [4.69, 9.17) is 5.26 Å². The van der Waals surface area contributed by atoms with Crippen LogP contribution >= 0.6 is 0 Å². The summed E-state index contributed by atoms with van der Waals surface area (Å²) in [5.74, 6) is 0.113. The van der Waals surface area contributed by atoms with E-state index in [1.807, 2.05) is 23.1 Å². The number of anilines is 1. The Balaban J connectivity index is 1.91. The molecule has 18 heavy (non-hydrogen) atoms.